The zero-order valence-corrected chi connectivity index (χ0v) is 10.6. The van der Waals surface area contributed by atoms with Gasteiger partial charge >= 0.3 is 0 Å². The number of amides is 1. The number of hydrogen-bond donors (Lipinski definition) is 2. The van der Waals surface area contributed by atoms with Crippen LogP contribution < -0.4 is 14.8 Å². The summed E-state index contributed by atoms with van der Waals surface area (Å²) in [6.45, 7) is 1.66. The number of rotatable bonds is 5. The van der Waals surface area contributed by atoms with Gasteiger partial charge in [0.05, 0.1) is 0 Å². The highest BCUT2D eigenvalue weighted by Crippen LogP contribution is 2.30. The predicted octanol–water partition coefficient (Wildman–Crippen LogP) is 0.970. The van der Waals surface area contributed by atoms with E-state index in [9.17, 15) is 4.79 Å². The van der Waals surface area contributed by atoms with Gasteiger partial charge in [-0.15, -0.1) is 0 Å². The molecule has 2 N–H and O–H groups in total. The highest BCUT2D eigenvalue weighted by Gasteiger charge is 2.10. The zero-order valence-electron chi connectivity index (χ0n) is 10.6. The SMILES string of the molecule is O=C(/C=C/c1ccc2c(c1)OCCO2)NCCCO. The summed E-state index contributed by atoms with van der Waals surface area (Å²) in [7, 11) is 0. The van der Waals surface area contributed by atoms with Crippen LogP contribution in [-0.2, 0) is 4.79 Å². The van der Waals surface area contributed by atoms with Crippen molar-refractivity contribution in [2.24, 2.45) is 0 Å². The average molecular weight is 263 g/mol. The number of carbonyl (C=O) groups excluding carboxylic acids is 1. The summed E-state index contributed by atoms with van der Waals surface area (Å²) < 4.78 is 10.9. The molecule has 1 heterocycles. The molecule has 2 rings (SSSR count). The summed E-state index contributed by atoms with van der Waals surface area (Å²) in [5.74, 6) is 1.26. The Balaban J connectivity index is 1.93. The van der Waals surface area contributed by atoms with Crippen LogP contribution in [0, 0.1) is 0 Å². The van der Waals surface area contributed by atoms with Gasteiger partial charge in [0.25, 0.3) is 0 Å². The van der Waals surface area contributed by atoms with Crippen molar-refractivity contribution in [3.8, 4) is 11.5 Å². The summed E-state index contributed by atoms with van der Waals surface area (Å²) in [6.07, 6.45) is 3.74. The molecule has 5 nitrogen and oxygen atoms in total. The van der Waals surface area contributed by atoms with Crippen molar-refractivity contribution in [1.82, 2.24) is 5.32 Å². The second-order valence-corrected chi connectivity index (χ2v) is 4.10. The molecule has 0 spiro atoms. The second-order valence-electron chi connectivity index (χ2n) is 4.10. The first kappa shape index (κ1) is 13.4. The van der Waals surface area contributed by atoms with Crippen molar-refractivity contribution in [2.45, 2.75) is 6.42 Å². The molecule has 102 valence electrons. The van der Waals surface area contributed by atoms with Gasteiger partial charge in [0.2, 0.25) is 5.91 Å². The number of benzene rings is 1. The molecule has 0 atom stereocenters. The molecule has 0 saturated heterocycles. The number of aliphatic hydroxyl groups excluding tert-OH is 1. The topological polar surface area (TPSA) is 67.8 Å². The normalized spacial score (nSPS) is 13.5. The Morgan fingerprint density at radius 2 is 2.11 bits per heavy atom. The lowest BCUT2D eigenvalue weighted by atomic mass is 10.2. The third-order valence-electron chi connectivity index (χ3n) is 2.63. The Bertz CT molecular complexity index is 471. The second kappa shape index (κ2) is 6.80. The number of nitrogens with one attached hydrogen (secondary N) is 1. The minimum Gasteiger partial charge on any atom is -0.486 e. The quantitative estimate of drug-likeness (QED) is 0.613. The molecule has 19 heavy (non-hydrogen) atoms. The van der Waals surface area contributed by atoms with Crippen LogP contribution >= 0.6 is 0 Å². The van der Waals surface area contributed by atoms with Crippen molar-refractivity contribution < 1.29 is 19.4 Å². The van der Waals surface area contributed by atoms with Gasteiger partial charge in [-0.2, -0.15) is 0 Å². The smallest absolute Gasteiger partial charge is 0.244 e. The molecule has 0 bridgehead atoms. The molecule has 1 aliphatic rings. The van der Waals surface area contributed by atoms with Crippen molar-refractivity contribution in [1.29, 1.82) is 0 Å². The molecule has 1 aliphatic heterocycles. The largest absolute Gasteiger partial charge is 0.486 e. The molecule has 1 aromatic rings. The third kappa shape index (κ3) is 3.99. The number of carbonyl (C=O) groups is 1. The van der Waals surface area contributed by atoms with Crippen LogP contribution in [-0.4, -0.2) is 37.4 Å². The standard InChI is InChI=1S/C14H17NO4/c16-7-1-6-15-14(17)5-3-11-2-4-12-13(10-11)19-9-8-18-12/h2-5,10,16H,1,6-9H2,(H,15,17)/b5-3+. The van der Waals surface area contributed by atoms with Crippen molar-refractivity contribution in [3.05, 3.63) is 29.8 Å². The first-order chi connectivity index (χ1) is 9.29. The van der Waals surface area contributed by atoms with Crippen LogP contribution in [0.5, 0.6) is 11.5 Å². The first-order valence-electron chi connectivity index (χ1n) is 6.26. The summed E-state index contributed by atoms with van der Waals surface area (Å²) in [4.78, 5) is 11.4. The third-order valence-corrected chi connectivity index (χ3v) is 2.63. The molecule has 0 saturated carbocycles. The van der Waals surface area contributed by atoms with Gasteiger partial charge in [-0.3, -0.25) is 4.79 Å². The van der Waals surface area contributed by atoms with Gasteiger partial charge in [0, 0.05) is 19.2 Å². The molecule has 0 aliphatic carbocycles. The Hall–Kier alpha value is -2.01. The van der Waals surface area contributed by atoms with E-state index in [1.807, 2.05) is 18.2 Å². The Morgan fingerprint density at radius 3 is 2.89 bits per heavy atom. The van der Waals surface area contributed by atoms with Crippen LogP contribution in [0.2, 0.25) is 0 Å². The van der Waals surface area contributed by atoms with Crippen LogP contribution in [0.25, 0.3) is 6.08 Å². The molecule has 0 radical (unpaired) electrons. The number of ether oxygens (including phenoxy) is 2. The zero-order chi connectivity index (χ0) is 13.5. The fraction of sp³-hybridized carbons (Fsp3) is 0.357. The minimum absolute atomic E-state index is 0.0756. The molecule has 0 aromatic heterocycles. The fourth-order valence-electron chi connectivity index (χ4n) is 1.69. The lowest BCUT2D eigenvalue weighted by Gasteiger charge is -2.18. The number of aliphatic hydroxyl groups is 1. The van der Waals surface area contributed by atoms with E-state index in [1.165, 1.54) is 6.08 Å². The van der Waals surface area contributed by atoms with E-state index in [4.69, 9.17) is 14.6 Å². The van der Waals surface area contributed by atoms with E-state index in [0.29, 0.717) is 31.9 Å². The Labute approximate surface area is 111 Å². The average Bonchev–Trinajstić information content (AvgIpc) is 2.45. The summed E-state index contributed by atoms with van der Waals surface area (Å²) in [6, 6.07) is 5.54. The van der Waals surface area contributed by atoms with E-state index >= 15 is 0 Å². The molecule has 5 heteroatoms. The minimum atomic E-state index is -0.177. The van der Waals surface area contributed by atoms with E-state index in [1.54, 1.807) is 6.08 Å². The maximum absolute atomic E-state index is 11.4. The van der Waals surface area contributed by atoms with Crippen molar-refractivity contribution in [3.63, 3.8) is 0 Å². The molecule has 0 fully saturated rings. The Kier molecular flexibility index (Phi) is 4.80. The van der Waals surface area contributed by atoms with Gasteiger partial charge in [-0.1, -0.05) is 6.07 Å². The summed E-state index contributed by atoms with van der Waals surface area (Å²) in [5.41, 5.74) is 0.876. The van der Waals surface area contributed by atoms with Crippen LogP contribution in [0.15, 0.2) is 24.3 Å². The highest BCUT2D eigenvalue weighted by atomic mass is 16.6. The Morgan fingerprint density at radius 1 is 1.32 bits per heavy atom. The first-order valence-corrected chi connectivity index (χ1v) is 6.26. The molecule has 0 unspecified atom stereocenters. The lowest BCUT2D eigenvalue weighted by molar-refractivity contribution is -0.116. The number of hydrogen-bond acceptors (Lipinski definition) is 4. The van der Waals surface area contributed by atoms with E-state index < -0.39 is 0 Å². The molecule has 1 amide bonds. The van der Waals surface area contributed by atoms with Gasteiger partial charge < -0.3 is 19.9 Å². The van der Waals surface area contributed by atoms with Crippen molar-refractivity contribution >= 4 is 12.0 Å². The fourth-order valence-corrected chi connectivity index (χ4v) is 1.69. The van der Waals surface area contributed by atoms with Crippen LogP contribution in [0.4, 0.5) is 0 Å². The van der Waals surface area contributed by atoms with Crippen LogP contribution in [0.3, 0.4) is 0 Å². The summed E-state index contributed by atoms with van der Waals surface area (Å²) >= 11 is 0. The van der Waals surface area contributed by atoms with Gasteiger partial charge in [0.1, 0.15) is 13.2 Å². The monoisotopic (exact) mass is 263 g/mol. The highest BCUT2D eigenvalue weighted by molar-refractivity contribution is 5.91. The van der Waals surface area contributed by atoms with Crippen LogP contribution in [0.1, 0.15) is 12.0 Å². The number of fused-ring (bicyclic) bond motifs is 1. The summed E-state index contributed by atoms with van der Waals surface area (Å²) in [5, 5.41) is 11.3. The van der Waals surface area contributed by atoms with Crippen molar-refractivity contribution in [2.75, 3.05) is 26.4 Å². The molecular weight excluding hydrogens is 246 g/mol. The van der Waals surface area contributed by atoms with Gasteiger partial charge in [-0.25, -0.2) is 0 Å². The predicted molar refractivity (Wildman–Crippen MR) is 71.2 cm³/mol. The molecular formula is C14H17NO4. The molecule has 1 aromatic carbocycles. The lowest BCUT2D eigenvalue weighted by Crippen LogP contribution is -2.22. The maximum Gasteiger partial charge on any atom is 0.244 e. The van der Waals surface area contributed by atoms with E-state index in [-0.39, 0.29) is 12.5 Å². The van der Waals surface area contributed by atoms with Gasteiger partial charge in [-0.05, 0) is 30.2 Å². The van der Waals surface area contributed by atoms with E-state index in [2.05, 4.69) is 5.32 Å². The maximum atomic E-state index is 11.4. The van der Waals surface area contributed by atoms with Gasteiger partial charge in [0.15, 0.2) is 11.5 Å². The van der Waals surface area contributed by atoms with E-state index in [0.717, 1.165) is 11.3 Å².